The van der Waals surface area contributed by atoms with Crippen LogP contribution in [0, 0.1) is 0 Å². The molecule has 0 aromatic heterocycles. The van der Waals surface area contributed by atoms with Crippen LogP contribution in [0.25, 0.3) is 0 Å². The Labute approximate surface area is 147 Å². The highest BCUT2D eigenvalue weighted by Gasteiger charge is 2.16. The molecule has 0 spiro atoms. The Balaban J connectivity index is 1.82. The van der Waals surface area contributed by atoms with Crippen molar-refractivity contribution in [3.05, 3.63) is 108 Å². The van der Waals surface area contributed by atoms with E-state index in [0.717, 1.165) is 16.2 Å². The Bertz CT molecular complexity index is 737. The number of thiocarbonyl (C=S) groups is 1. The van der Waals surface area contributed by atoms with Gasteiger partial charge in [-0.2, -0.15) is 0 Å². The molecule has 114 valence electrons. The smallest absolute Gasteiger partial charge is 0.0784 e. The fourth-order valence-corrected chi connectivity index (χ4v) is 4.08. The average molecular weight is 335 g/mol. The SMILES string of the molecule is S=C(SC(Cc1ccccc1)c1ccccc1)c1ccccc1. The van der Waals surface area contributed by atoms with E-state index in [1.807, 2.05) is 18.2 Å². The van der Waals surface area contributed by atoms with Crippen molar-refractivity contribution < 1.29 is 0 Å². The number of benzene rings is 3. The molecule has 3 rings (SSSR count). The predicted octanol–water partition coefficient (Wildman–Crippen LogP) is 6.08. The first kappa shape index (κ1) is 16.0. The lowest BCUT2D eigenvalue weighted by molar-refractivity contribution is 0.937. The summed E-state index contributed by atoms with van der Waals surface area (Å²) in [5.74, 6) is 0. The third-order valence-electron chi connectivity index (χ3n) is 3.69. The van der Waals surface area contributed by atoms with Gasteiger partial charge in [0.25, 0.3) is 0 Å². The van der Waals surface area contributed by atoms with E-state index in [0.29, 0.717) is 5.25 Å². The van der Waals surface area contributed by atoms with Crippen LogP contribution in [-0.2, 0) is 6.42 Å². The topological polar surface area (TPSA) is 0 Å². The van der Waals surface area contributed by atoms with E-state index in [1.54, 1.807) is 11.8 Å². The first-order valence-electron chi connectivity index (χ1n) is 7.68. The lowest BCUT2D eigenvalue weighted by Crippen LogP contribution is -2.03. The second-order valence-electron chi connectivity index (χ2n) is 5.36. The second kappa shape index (κ2) is 8.09. The molecule has 3 aromatic rings. The van der Waals surface area contributed by atoms with E-state index < -0.39 is 0 Å². The van der Waals surface area contributed by atoms with E-state index in [2.05, 4.69) is 72.8 Å². The van der Waals surface area contributed by atoms with Gasteiger partial charge in [0.15, 0.2) is 0 Å². The van der Waals surface area contributed by atoms with Crippen LogP contribution in [0.4, 0.5) is 0 Å². The molecule has 0 aliphatic rings. The van der Waals surface area contributed by atoms with Crippen LogP contribution < -0.4 is 0 Å². The van der Waals surface area contributed by atoms with Crippen LogP contribution in [0.3, 0.4) is 0 Å². The third kappa shape index (κ3) is 4.54. The Morgan fingerprint density at radius 1 is 0.739 bits per heavy atom. The molecule has 2 heteroatoms. The molecule has 0 amide bonds. The Hall–Kier alpha value is -1.90. The predicted molar refractivity (Wildman–Crippen MR) is 105 cm³/mol. The second-order valence-corrected chi connectivity index (χ2v) is 7.24. The van der Waals surface area contributed by atoms with E-state index in [1.165, 1.54) is 11.1 Å². The first-order chi connectivity index (χ1) is 11.3. The summed E-state index contributed by atoms with van der Waals surface area (Å²) in [5.41, 5.74) is 3.78. The lowest BCUT2D eigenvalue weighted by atomic mass is 10.0. The van der Waals surface area contributed by atoms with Crippen LogP contribution in [0.2, 0.25) is 0 Å². The van der Waals surface area contributed by atoms with E-state index in [-0.39, 0.29) is 0 Å². The Morgan fingerprint density at radius 2 is 1.26 bits per heavy atom. The van der Waals surface area contributed by atoms with Crippen molar-refractivity contribution in [3.8, 4) is 0 Å². The molecule has 0 bridgehead atoms. The molecule has 3 aromatic carbocycles. The summed E-state index contributed by atoms with van der Waals surface area (Å²) in [6.45, 7) is 0. The van der Waals surface area contributed by atoms with Gasteiger partial charge in [-0.25, -0.2) is 0 Å². The maximum atomic E-state index is 5.68. The standard InChI is InChI=1S/C21H18S2/c22-21(19-14-8-3-9-15-19)23-20(18-12-6-2-7-13-18)16-17-10-4-1-5-11-17/h1-15,20H,16H2. The van der Waals surface area contributed by atoms with Gasteiger partial charge in [-0.05, 0) is 23.1 Å². The van der Waals surface area contributed by atoms with Gasteiger partial charge in [0, 0.05) is 5.25 Å². The quantitative estimate of drug-likeness (QED) is 0.519. The highest BCUT2D eigenvalue weighted by atomic mass is 32.2. The zero-order chi connectivity index (χ0) is 15.9. The number of rotatable bonds is 5. The van der Waals surface area contributed by atoms with Gasteiger partial charge in [-0.15, -0.1) is 11.8 Å². The molecule has 0 heterocycles. The van der Waals surface area contributed by atoms with Crippen molar-refractivity contribution in [2.24, 2.45) is 0 Å². The van der Waals surface area contributed by atoms with Gasteiger partial charge in [-0.3, -0.25) is 0 Å². The highest BCUT2D eigenvalue weighted by molar-refractivity contribution is 8.23. The van der Waals surface area contributed by atoms with Crippen molar-refractivity contribution >= 4 is 28.2 Å². The summed E-state index contributed by atoms with van der Waals surface area (Å²) < 4.78 is 0.954. The zero-order valence-corrected chi connectivity index (χ0v) is 14.4. The molecule has 0 nitrogen and oxygen atoms in total. The normalized spacial score (nSPS) is 11.8. The lowest BCUT2D eigenvalue weighted by Gasteiger charge is -2.18. The molecule has 0 fully saturated rings. The molecule has 0 saturated heterocycles. The summed E-state index contributed by atoms with van der Waals surface area (Å²) in [6, 6.07) is 31.5. The van der Waals surface area contributed by atoms with Crippen molar-refractivity contribution in [3.63, 3.8) is 0 Å². The average Bonchev–Trinajstić information content (AvgIpc) is 2.63. The molecule has 1 unspecified atom stereocenters. The van der Waals surface area contributed by atoms with E-state index >= 15 is 0 Å². The molecule has 0 saturated carbocycles. The maximum absolute atomic E-state index is 5.68. The van der Waals surface area contributed by atoms with Crippen LogP contribution in [-0.4, -0.2) is 4.20 Å². The van der Waals surface area contributed by atoms with Crippen LogP contribution >= 0.6 is 24.0 Å². The third-order valence-corrected chi connectivity index (χ3v) is 5.39. The van der Waals surface area contributed by atoms with E-state index in [9.17, 15) is 0 Å². The summed E-state index contributed by atoms with van der Waals surface area (Å²) >= 11 is 7.45. The monoisotopic (exact) mass is 334 g/mol. The van der Waals surface area contributed by atoms with Gasteiger partial charge in [-0.1, -0.05) is 103 Å². The van der Waals surface area contributed by atoms with Crippen molar-refractivity contribution in [2.75, 3.05) is 0 Å². The fraction of sp³-hybridized carbons (Fsp3) is 0.0952. The zero-order valence-electron chi connectivity index (χ0n) is 12.8. The maximum Gasteiger partial charge on any atom is 0.0784 e. The van der Waals surface area contributed by atoms with Gasteiger partial charge in [0.05, 0.1) is 4.20 Å². The van der Waals surface area contributed by atoms with Gasteiger partial charge in [0.1, 0.15) is 0 Å². The molecule has 23 heavy (non-hydrogen) atoms. The Morgan fingerprint density at radius 3 is 1.87 bits per heavy atom. The summed E-state index contributed by atoms with van der Waals surface area (Å²) in [4.78, 5) is 0. The highest BCUT2D eigenvalue weighted by Crippen LogP contribution is 2.35. The van der Waals surface area contributed by atoms with Crippen LogP contribution in [0.1, 0.15) is 21.9 Å². The van der Waals surface area contributed by atoms with Crippen molar-refractivity contribution in [2.45, 2.75) is 11.7 Å². The molecule has 0 N–H and O–H groups in total. The van der Waals surface area contributed by atoms with Crippen LogP contribution in [0.5, 0.6) is 0 Å². The van der Waals surface area contributed by atoms with Crippen molar-refractivity contribution in [1.29, 1.82) is 0 Å². The van der Waals surface area contributed by atoms with E-state index in [4.69, 9.17) is 12.2 Å². The fourth-order valence-electron chi connectivity index (χ4n) is 2.49. The minimum Gasteiger partial charge on any atom is -0.105 e. The minimum atomic E-state index is 0.325. The summed E-state index contributed by atoms with van der Waals surface area (Å²) in [5, 5.41) is 0.325. The molecule has 1 atom stereocenters. The summed E-state index contributed by atoms with van der Waals surface area (Å²) in [7, 11) is 0. The number of hydrogen-bond donors (Lipinski definition) is 0. The number of thioether (sulfide) groups is 1. The first-order valence-corrected chi connectivity index (χ1v) is 8.96. The molecular weight excluding hydrogens is 316 g/mol. The van der Waals surface area contributed by atoms with Crippen LogP contribution in [0.15, 0.2) is 91.0 Å². The van der Waals surface area contributed by atoms with Crippen molar-refractivity contribution in [1.82, 2.24) is 0 Å². The molecule has 0 radical (unpaired) electrons. The number of hydrogen-bond acceptors (Lipinski definition) is 2. The molecular formula is C21H18S2. The Kier molecular flexibility index (Phi) is 5.62. The van der Waals surface area contributed by atoms with Gasteiger partial charge in [0.2, 0.25) is 0 Å². The molecule has 0 aliphatic heterocycles. The summed E-state index contributed by atoms with van der Waals surface area (Å²) in [6.07, 6.45) is 0.975. The largest absolute Gasteiger partial charge is 0.105 e. The van der Waals surface area contributed by atoms with Gasteiger partial charge < -0.3 is 0 Å². The van der Waals surface area contributed by atoms with Gasteiger partial charge >= 0.3 is 0 Å². The minimum absolute atomic E-state index is 0.325. The molecule has 0 aliphatic carbocycles.